The number of hydrogen-bond donors (Lipinski definition) is 0. The molecule has 1 aliphatic carbocycles. The van der Waals surface area contributed by atoms with Crippen LogP contribution >= 0.6 is 0 Å². The van der Waals surface area contributed by atoms with Crippen LogP contribution in [0.25, 0.3) is 22.4 Å². The third-order valence-corrected chi connectivity index (χ3v) is 7.90. The van der Waals surface area contributed by atoms with Crippen molar-refractivity contribution >= 4 is 0 Å². The zero-order valence-corrected chi connectivity index (χ0v) is 19.5. The van der Waals surface area contributed by atoms with Crippen LogP contribution in [0, 0.1) is 48.9 Å². The van der Waals surface area contributed by atoms with Crippen molar-refractivity contribution in [2.45, 2.75) is 47.5 Å². The zero-order valence-electron chi connectivity index (χ0n) is 19.5. The van der Waals surface area contributed by atoms with Crippen molar-refractivity contribution < 1.29 is 0 Å². The molecule has 1 aromatic heterocycles. The van der Waals surface area contributed by atoms with E-state index in [2.05, 4.69) is 71.9 Å². The van der Waals surface area contributed by atoms with Gasteiger partial charge in [0, 0.05) is 17.3 Å². The second-order valence-electron chi connectivity index (χ2n) is 9.62. The minimum absolute atomic E-state index is 0.629. The molecule has 0 radical (unpaired) electrons. The summed E-state index contributed by atoms with van der Waals surface area (Å²) in [7, 11) is 0. The average Bonchev–Trinajstić information content (AvgIpc) is 2.96. The lowest BCUT2D eigenvalue weighted by Crippen LogP contribution is -2.11. The van der Waals surface area contributed by atoms with Crippen LogP contribution in [0.3, 0.4) is 0 Å². The Bertz CT molecular complexity index is 1100. The third kappa shape index (κ3) is 3.79. The van der Waals surface area contributed by atoms with Crippen molar-refractivity contribution in [2.24, 2.45) is 23.7 Å². The first kappa shape index (κ1) is 21.3. The molecule has 0 bridgehead atoms. The highest BCUT2D eigenvalue weighted by Crippen LogP contribution is 2.51. The van der Waals surface area contributed by atoms with Crippen molar-refractivity contribution in [3.8, 4) is 28.5 Å². The Balaban J connectivity index is 1.67. The Hall–Kier alpha value is -2.92. The normalized spacial score (nSPS) is 25.4. The molecule has 0 aliphatic heterocycles. The van der Waals surface area contributed by atoms with E-state index in [1.54, 1.807) is 0 Å². The molecule has 4 unspecified atom stereocenters. The Morgan fingerprint density at radius 2 is 1.42 bits per heavy atom. The minimum atomic E-state index is 0.629. The summed E-state index contributed by atoms with van der Waals surface area (Å²) in [4.78, 5) is 4.72. The molecule has 1 aliphatic rings. The van der Waals surface area contributed by atoms with Crippen LogP contribution in [0.15, 0.2) is 54.7 Å². The van der Waals surface area contributed by atoms with E-state index < -0.39 is 0 Å². The lowest BCUT2D eigenvalue weighted by atomic mass is 9.80. The summed E-state index contributed by atoms with van der Waals surface area (Å²) >= 11 is 0. The molecule has 4 atom stereocenters. The zero-order chi connectivity index (χ0) is 22.3. The van der Waals surface area contributed by atoms with Gasteiger partial charge in [-0.05, 0) is 83.9 Å². The fourth-order valence-electron chi connectivity index (χ4n) is 5.80. The number of hydrogen-bond acceptors (Lipinski definition) is 2. The molecule has 2 nitrogen and oxygen atoms in total. The SMILES string of the molecule is Cc1cc(C2C(C)C(C)C(C)C2C)cc(C)c1-c1ccc(-c2cccc(C#N)c2)nc1. The van der Waals surface area contributed by atoms with Gasteiger partial charge in [0.2, 0.25) is 0 Å². The maximum absolute atomic E-state index is 9.16. The highest BCUT2D eigenvalue weighted by molar-refractivity contribution is 5.73. The summed E-state index contributed by atoms with van der Waals surface area (Å²) in [6.07, 6.45) is 1.97. The van der Waals surface area contributed by atoms with Crippen molar-refractivity contribution in [1.82, 2.24) is 4.98 Å². The molecule has 0 saturated heterocycles. The van der Waals surface area contributed by atoms with Crippen LogP contribution in [-0.4, -0.2) is 4.98 Å². The van der Waals surface area contributed by atoms with Gasteiger partial charge in [0.15, 0.2) is 0 Å². The van der Waals surface area contributed by atoms with Gasteiger partial charge in [0.1, 0.15) is 0 Å². The molecule has 4 rings (SSSR count). The van der Waals surface area contributed by atoms with Crippen LogP contribution < -0.4 is 0 Å². The molecule has 158 valence electrons. The van der Waals surface area contributed by atoms with Gasteiger partial charge in [-0.1, -0.05) is 58.0 Å². The number of pyridine rings is 1. The molecule has 0 N–H and O–H groups in total. The lowest BCUT2D eigenvalue weighted by molar-refractivity contribution is 0.352. The Morgan fingerprint density at radius 1 is 0.774 bits per heavy atom. The quantitative estimate of drug-likeness (QED) is 0.449. The highest BCUT2D eigenvalue weighted by atomic mass is 14.7. The van der Waals surface area contributed by atoms with Gasteiger partial charge in [-0.3, -0.25) is 4.98 Å². The molecular weight excluding hydrogens is 376 g/mol. The van der Waals surface area contributed by atoms with Crippen LogP contribution in [0.2, 0.25) is 0 Å². The first-order valence-electron chi connectivity index (χ1n) is 11.4. The molecule has 3 aromatic rings. The van der Waals surface area contributed by atoms with Crippen LogP contribution in [0.5, 0.6) is 0 Å². The van der Waals surface area contributed by atoms with E-state index in [0.717, 1.165) is 28.7 Å². The topological polar surface area (TPSA) is 36.7 Å². The first-order chi connectivity index (χ1) is 14.8. The van der Waals surface area contributed by atoms with Crippen LogP contribution in [0.4, 0.5) is 0 Å². The molecule has 2 aromatic carbocycles. The van der Waals surface area contributed by atoms with Gasteiger partial charge in [-0.25, -0.2) is 0 Å². The molecule has 0 amide bonds. The number of aromatic nitrogens is 1. The lowest BCUT2D eigenvalue weighted by Gasteiger charge is -2.24. The molecule has 2 heteroatoms. The van der Waals surface area contributed by atoms with E-state index in [4.69, 9.17) is 10.2 Å². The summed E-state index contributed by atoms with van der Waals surface area (Å²) < 4.78 is 0. The van der Waals surface area contributed by atoms with Crippen molar-refractivity contribution in [2.75, 3.05) is 0 Å². The fourth-order valence-corrected chi connectivity index (χ4v) is 5.80. The van der Waals surface area contributed by atoms with E-state index in [9.17, 15) is 0 Å². The average molecular weight is 409 g/mol. The second kappa shape index (κ2) is 8.31. The third-order valence-electron chi connectivity index (χ3n) is 7.90. The van der Waals surface area contributed by atoms with Crippen LogP contribution in [0.1, 0.15) is 55.9 Å². The molecule has 31 heavy (non-hydrogen) atoms. The second-order valence-corrected chi connectivity index (χ2v) is 9.62. The van der Waals surface area contributed by atoms with E-state index in [1.165, 1.54) is 22.3 Å². The summed E-state index contributed by atoms with van der Waals surface area (Å²) in [6, 6.07) is 18.9. The van der Waals surface area contributed by atoms with Crippen molar-refractivity contribution in [3.63, 3.8) is 0 Å². The molecular formula is C29H32N2. The predicted molar refractivity (Wildman–Crippen MR) is 129 cm³/mol. The number of rotatable bonds is 3. The summed E-state index contributed by atoms with van der Waals surface area (Å²) in [5, 5.41) is 9.16. The predicted octanol–water partition coefficient (Wildman–Crippen LogP) is 7.55. The highest BCUT2D eigenvalue weighted by Gasteiger charge is 2.42. The van der Waals surface area contributed by atoms with Gasteiger partial charge in [0.05, 0.1) is 17.3 Å². The Kier molecular flexibility index (Phi) is 5.71. The van der Waals surface area contributed by atoms with Crippen molar-refractivity contribution in [1.29, 1.82) is 5.26 Å². The monoisotopic (exact) mass is 408 g/mol. The first-order valence-corrected chi connectivity index (χ1v) is 11.4. The van der Waals surface area contributed by atoms with Gasteiger partial charge in [0.25, 0.3) is 0 Å². The number of nitriles is 1. The Labute approximate surface area is 187 Å². The maximum atomic E-state index is 9.16. The maximum Gasteiger partial charge on any atom is 0.0991 e. The summed E-state index contributed by atoms with van der Waals surface area (Å²) in [5.41, 5.74) is 9.10. The smallest absolute Gasteiger partial charge is 0.0991 e. The fraction of sp³-hybridized carbons (Fsp3) is 0.379. The number of nitrogens with zero attached hydrogens (tertiary/aromatic N) is 2. The van der Waals surface area contributed by atoms with E-state index in [1.807, 2.05) is 30.5 Å². The van der Waals surface area contributed by atoms with Gasteiger partial charge >= 0.3 is 0 Å². The van der Waals surface area contributed by atoms with Crippen molar-refractivity contribution in [3.05, 3.63) is 77.0 Å². The Morgan fingerprint density at radius 3 is 1.97 bits per heavy atom. The van der Waals surface area contributed by atoms with Gasteiger partial charge < -0.3 is 0 Å². The molecule has 1 saturated carbocycles. The molecule has 0 spiro atoms. The van der Waals surface area contributed by atoms with Crippen LogP contribution in [-0.2, 0) is 0 Å². The van der Waals surface area contributed by atoms with E-state index >= 15 is 0 Å². The van der Waals surface area contributed by atoms with Gasteiger partial charge in [-0.15, -0.1) is 0 Å². The summed E-state index contributed by atoms with van der Waals surface area (Å²) in [5.74, 6) is 3.57. The van der Waals surface area contributed by atoms with Gasteiger partial charge in [-0.2, -0.15) is 5.26 Å². The standard InChI is InChI=1S/C29H32N2/c1-17-12-26(29-21(5)19(3)20(4)22(29)6)13-18(2)28(17)25-10-11-27(31-16-25)24-9-7-8-23(14-24)15-30/h7-14,16,19-22,29H,1-6H3. The molecule has 1 heterocycles. The van der Waals surface area contributed by atoms with E-state index in [0.29, 0.717) is 23.3 Å². The summed E-state index contributed by atoms with van der Waals surface area (Å²) in [6.45, 7) is 14.1. The number of aryl methyl sites for hydroxylation is 2. The molecule has 1 fully saturated rings. The number of benzene rings is 2. The minimum Gasteiger partial charge on any atom is -0.256 e. The largest absolute Gasteiger partial charge is 0.256 e. The van der Waals surface area contributed by atoms with E-state index in [-0.39, 0.29) is 0 Å².